The van der Waals surface area contributed by atoms with Gasteiger partial charge in [0.05, 0.1) is 12.1 Å². The van der Waals surface area contributed by atoms with Crippen LogP contribution in [0.5, 0.6) is 0 Å². The highest BCUT2D eigenvalue weighted by Gasteiger charge is 2.38. The molecule has 2 N–H and O–H groups in total. The molecule has 13 heavy (non-hydrogen) atoms. The van der Waals surface area contributed by atoms with Crippen LogP contribution in [0.4, 0.5) is 0 Å². The molecule has 1 heterocycles. The van der Waals surface area contributed by atoms with Gasteiger partial charge >= 0.3 is 0 Å². The lowest BCUT2D eigenvalue weighted by Gasteiger charge is -2.36. The SMILES string of the molecule is C=C(O)C1CC(O)CN1C(C)(C)C. The van der Waals surface area contributed by atoms with Gasteiger partial charge in [0.2, 0.25) is 0 Å². The Hall–Kier alpha value is -0.540. The molecule has 0 aliphatic carbocycles. The third-order valence-corrected chi connectivity index (χ3v) is 2.53. The van der Waals surface area contributed by atoms with E-state index in [9.17, 15) is 10.2 Å². The zero-order valence-corrected chi connectivity index (χ0v) is 8.62. The van der Waals surface area contributed by atoms with Gasteiger partial charge in [-0.25, -0.2) is 0 Å². The maximum atomic E-state index is 9.49. The normalized spacial score (nSPS) is 30.8. The predicted octanol–water partition coefficient (Wildman–Crippen LogP) is 1.29. The van der Waals surface area contributed by atoms with Crippen molar-refractivity contribution < 1.29 is 10.2 Å². The molecule has 1 aliphatic heterocycles. The van der Waals surface area contributed by atoms with Gasteiger partial charge < -0.3 is 10.2 Å². The summed E-state index contributed by atoms with van der Waals surface area (Å²) in [7, 11) is 0. The molecule has 1 aliphatic rings. The number of hydrogen-bond acceptors (Lipinski definition) is 3. The Balaban J connectivity index is 2.78. The molecular formula is C10H19NO2. The molecule has 3 nitrogen and oxygen atoms in total. The van der Waals surface area contributed by atoms with E-state index in [0.29, 0.717) is 13.0 Å². The average molecular weight is 185 g/mol. The number of nitrogens with zero attached hydrogens (tertiary/aromatic N) is 1. The maximum absolute atomic E-state index is 9.49. The van der Waals surface area contributed by atoms with Crippen molar-refractivity contribution >= 4 is 0 Å². The lowest BCUT2D eigenvalue weighted by molar-refractivity contribution is 0.100. The molecule has 0 radical (unpaired) electrons. The Kier molecular flexibility index (Phi) is 2.68. The molecule has 3 heteroatoms. The zero-order valence-electron chi connectivity index (χ0n) is 8.62. The number of hydrogen-bond donors (Lipinski definition) is 2. The van der Waals surface area contributed by atoms with Crippen molar-refractivity contribution in [2.45, 2.75) is 44.9 Å². The number of aliphatic hydroxyl groups excluding tert-OH is 2. The van der Waals surface area contributed by atoms with Crippen molar-refractivity contribution in [3.05, 3.63) is 12.3 Å². The summed E-state index contributed by atoms with van der Waals surface area (Å²) < 4.78 is 0. The van der Waals surface area contributed by atoms with E-state index in [2.05, 4.69) is 32.3 Å². The molecule has 0 aromatic heterocycles. The van der Waals surface area contributed by atoms with Gasteiger partial charge in [0.15, 0.2) is 0 Å². The Morgan fingerprint density at radius 2 is 2.00 bits per heavy atom. The quantitative estimate of drug-likeness (QED) is 0.605. The first kappa shape index (κ1) is 10.5. The highest BCUT2D eigenvalue weighted by Crippen LogP contribution is 2.29. The van der Waals surface area contributed by atoms with Gasteiger partial charge in [-0.2, -0.15) is 0 Å². The van der Waals surface area contributed by atoms with Crippen molar-refractivity contribution in [3.63, 3.8) is 0 Å². The molecule has 1 fully saturated rings. The second-order valence-electron chi connectivity index (χ2n) is 4.72. The minimum absolute atomic E-state index is 0.0339. The summed E-state index contributed by atoms with van der Waals surface area (Å²) in [6.45, 7) is 10.4. The van der Waals surface area contributed by atoms with Crippen molar-refractivity contribution in [2.24, 2.45) is 0 Å². The zero-order chi connectivity index (χ0) is 10.2. The fraction of sp³-hybridized carbons (Fsp3) is 0.800. The van der Waals surface area contributed by atoms with Gasteiger partial charge in [-0.15, -0.1) is 0 Å². The first-order valence-electron chi connectivity index (χ1n) is 4.65. The van der Waals surface area contributed by atoms with Crippen LogP contribution in [0.1, 0.15) is 27.2 Å². The monoisotopic (exact) mass is 185 g/mol. The van der Waals surface area contributed by atoms with E-state index >= 15 is 0 Å². The van der Waals surface area contributed by atoms with Crippen molar-refractivity contribution in [3.8, 4) is 0 Å². The standard InChI is InChI=1S/C10H19NO2/c1-7(12)9-5-8(13)6-11(9)10(2,3)4/h8-9,12-13H,1,5-6H2,2-4H3. The number of rotatable bonds is 1. The van der Waals surface area contributed by atoms with E-state index in [-0.39, 0.29) is 23.4 Å². The van der Waals surface area contributed by atoms with Crippen LogP contribution in [-0.4, -0.2) is 39.3 Å². The fourth-order valence-corrected chi connectivity index (χ4v) is 1.87. The average Bonchev–Trinajstić information content (AvgIpc) is 2.29. The van der Waals surface area contributed by atoms with Gasteiger partial charge in [0.25, 0.3) is 0 Å². The van der Waals surface area contributed by atoms with Crippen LogP contribution in [0.2, 0.25) is 0 Å². The molecule has 0 aromatic carbocycles. The fourth-order valence-electron chi connectivity index (χ4n) is 1.87. The highest BCUT2D eigenvalue weighted by molar-refractivity contribution is 5.05. The van der Waals surface area contributed by atoms with Crippen molar-refractivity contribution in [1.29, 1.82) is 0 Å². The molecule has 0 bridgehead atoms. The van der Waals surface area contributed by atoms with Crippen LogP contribution in [0.3, 0.4) is 0 Å². The molecule has 2 unspecified atom stereocenters. The minimum Gasteiger partial charge on any atom is -0.511 e. The summed E-state index contributed by atoms with van der Waals surface area (Å²) >= 11 is 0. The van der Waals surface area contributed by atoms with Crippen LogP contribution in [0, 0.1) is 0 Å². The Bertz CT molecular complexity index is 207. The van der Waals surface area contributed by atoms with E-state index in [4.69, 9.17) is 0 Å². The van der Waals surface area contributed by atoms with Crippen LogP contribution < -0.4 is 0 Å². The molecule has 0 aromatic rings. The number of aliphatic hydroxyl groups is 2. The summed E-state index contributed by atoms with van der Waals surface area (Å²) in [5.41, 5.74) is -0.0339. The third kappa shape index (κ3) is 2.23. The molecule has 76 valence electrons. The molecular weight excluding hydrogens is 166 g/mol. The van der Waals surface area contributed by atoms with Crippen LogP contribution >= 0.6 is 0 Å². The summed E-state index contributed by atoms with van der Waals surface area (Å²) in [4.78, 5) is 2.08. The Labute approximate surface area is 79.7 Å². The molecule has 2 atom stereocenters. The largest absolute Gasteiger partial charge is 0.511 e. The lowest BCUT2D eigenvalue weighted by Crippen LogP contribution is -2.45. The lowest BCUT2D eigenvalue weighted by atomic mass is 10.0. The van der Waals surface area contributed by atoms with Crippen LogP contribution in [0.15, 0.2) is 12.3 Å². The smallest absolute Gasteiger partial charge is 0.102 e. The Morgan fingerprint density at radius 3 is 2.31 bits per heavy atom. The van der Waals surface area contributed by atoms with E-state index in [0.717, 1.165) is 0 Å². The van der Waals surface area contributed by atoms with Gasteiger partial charge in [-0.1, -0.05) is 6.58 Å². The number of likely N-dealkylation sites (tertiary alicyclic amines) is 1. The van der Waals surface area contributed by atoms with Crippen LogP contribution in [-0.2, 0) is 0 Å². The van der Waals surface area contributed by atoms with Gasteiger partial charge in [0, 0.05) is 12.1 Å². The summed E-state index contributed by atoms with van der Waals surface area (Å²) in [6.07, 6.45) is 0.250. The second kappa shape index (κ2) is 3.31. The topological polar surface area (TPSA) is 43.7 Å². The summed E-state index contributed by atoms with van der Waals surface area (Å²) in [6, 6.07) is -0.0880. The molecule has 1 rings (SSSR count). The highest BCUT2D eigenvalue weighted by atomic mass is 16.3. The summed E-state index contributed by atoms with van der Waals surface area (Å²) in [5, 5.41) is 18.8. The molecule has 1 saturated heterocycles. The minimum atomic E-state index is -0.340. The summed E-state index contributed by atoms with van der Waals surface area (Å²) in [5.74, 6) is 0.159. The third-order valence-electron chi connectivity index (χ3n) is 2.53. The van der Waals surface area contributed by atoms with E-state index in [1.54, 1.807) is 0 Å². The van der Waals surface area contributed by atoms with E-state index in [1.807, 2.05) is 0 Å². The number of β-amino-alcohol motifs (C(OH)–C–C–N with tert-alkyl or cyclic N) is 1. The van der Waals surface area contributed by atoms with Gasteiger partial charge in [-0.3, -0.25) is 4.90 Å². The first-order chi connectivity index (χ1) is 5.82. The van der Waals surface area contributed by atoms with Crippen LogP contribution in [0.25, 0.3) is 0 Å². The van der Waals surface area contributed by atoms with Crippen molar-refractivity contribution in [1.82, 2.24) is 4.90 Å². The van der Waals surface area contributed by atoms with Gasteiger partial charge in [-0.05, 0) is 27.2 Å². The first-order valence-corrected chi connectivity index (χ1v) is 4.65. The van der Waals surface area contributed by atoms with E-state index < -0.39 is 0 Å². The molecule has 0 spiro atoms. The maximum Gasteiger partial charge on any atom is 0.102 e. The predicted molar refractivity (Wildman–Crippen MR) is 52.6 cm³/mol. The second-order valence-corrected chi connectivity index (χ2v) is 4.72. The van der Waals surface area contributed by atoms with Crippen molar-refractivity contribution in [2.75, 3.05) is 6.54 Å². The molecule has 0 amide bonds. The Morgan fingerprint density at radius 1 is 1.46 bits per heavy atom. The van der Waals surface area contributed by atoms with E-state index in [1.165, 1.54) is 0 Å². The van der Waals surface area contributed by atoms with Gasteiger partial charge in [0.1, 0.15) is 5.76 Å². The molecule has 0 saturated carbocycles.